The van der Waals surface area contributed by atoms with Gasteiger partial charge in [-0.25, -0.2) is 4.39 Å². The summed E-state index contributed by atoms with van der Waals surface area (Å²) in [5.74, 6) is -0.785. The van der Waals surface area contributed by atoms with Crippen LogP contribution in [0.25, 0.3) is 11.0 Å². The lowest BCUT2D eigenvalue weighted by atomic mass is 10.1. The molecule has 0 saturated carbocycles. The van der Waals surface area contributed by atoms with Gasteiger partial charge < -0.3 is 14.5 Å². The van der Waals surface area contributed by atoms with Crippen molar-refractivity contribution in [3.63, 3.8) is 0 Å². The number of furan rings is 1. The van der Waals surface area contributed by atoms with Gasteiger partial charge in [0.25, 0.3) is 5.91 Å². The van der Waals surface area contributed by atoms with Crippen LogP contribution in [0.2, 0.25) is 0 Å². The number of hydrogen-bond donors (Lipinski definition) is 1. The minimum Gasteiger partial charge on any atom is -0.484 e. The molecule has 0 aliphatic rings. The number of hydrogen-bond acceptors (Lipinski definition) is 4. The average Bonchev–Trinajstić information content (AvgIpc) is 3.11. The molecule has 0 spiro atoms. The zero-order chi connectivity index (χ0) is 21.1. The van der Waals surface area contributed by atoms with Gasteiger partial charge in [-0.2, -0.15) is 0 Å². The van der Waals surface area contributed by atoms with Gasteiger partial charge in [-0.15, -0.1) is 0 Å². The van der Waals surface area contributed by atoms with E-state index in [-0.39, 0.29) is 23.6 Å². The van der Waals surface area contributed by atoms with E-state index in [1.807, 2.05) is 25.1 Å². The van der Waals surface area contributed by atoms with E-state index in [0.29, 0.717) is 16.7 Å². The number of ketones is 1. The Morgan fingerprint density at radius 2 is 1.77 bits per heavy atom. The summed E-state index contributed by atoms with van der Waals surface area (Å²) in [6.07, 6.45) is 0. The predicted octanol–water partition coefficient (Wildman–Crippen LogP) is 5.13. The normalized spacial score (nSPS) is 10.7. The number of amides is 1. The van der Waals surface area contributed by atoms with Crippen molar-refractivity contribution in [1.82, 2.24) is 0 Å². The van der Waals surface area contributed by atoms with Crippen molar-refractivity contribution in [3.05, 3.63) is 95.5 Å². The molecule has 4 aromatic rings. The first-order chi connectivity index (χ1) is 14.5. The van der Waals surface area contributed by atoms with Crippen LogP contribution in [0, 0.1) is 12.7 Å². The van der Waals surface area contributed by atoms with Crippen LogP contribution in [-0.2, 0) is 4.79 Å². The van der Waals surface area contributed by atoms with Gasteiger partial charge in [0.2, 0.25) is 5.78 Å². The van der Waals surface area contributed by atoms with Crippen molar-refractivity contribution in [2.24, 2.45) is 0 Å². The number of benzene rings is 3. The Morgan fingerprint density at radius 1 is 1.00 bits per heavy atom. The molecule has 0 atom stereocenters. The van der Waals surface area contributed by atoms with E-state index in [0.717, 1.165) is 5.56 Å². The number of anilines is 1. The summed E-state index contributed by atoms with van der Waals surface area (Å²) in [6, 6.07) is 19.5. The lowest BCUT2D eigenvalue weighted by Crippen LogP contribution is -2.21. The van der Waals surface area contributed by atoms with E-state index in [1.165, 1.54) is 24.3 Å². The van der Waals surface area contributed by atoms with Crippen LogP contribution in [0.1, 0.15) is 21.7 Å². The molecule has 1 heterocycles. The topological polar surface area (TPSA) is 68.5 Å². The number of carbonyl (C=O) groups is 2. The fraction of sp³-hybridized carbons (Fsp3) is 0.0833. The zero-order valence-corrected chi connectivity index (χ0v) is 16.1. The molecule has 6 heteroatoms. The van der Waals surface area contributed by atoms with Crippen LogP contribution in [-0.4, -0.2) is 18.3 Å². The minimum atomic E-state index is -0.457. The lowest BCUT2D eigenvalue weighted by molar-refractivity contribution is -0.118. The molecule has 0 fully saturated rings. The summed E-state index contributed by atoms with van der Waals surface area (Å²) < 4.78 is 24.5. The summed E-state index contributed by atoms with van der Waals surface area (Å²) in [6.45, 7) is 1.70. The second kappa shape index (κ2) is 8.21. The van der Waals surface area contributed by atoms with Gasteiger partial charge in [0.05, 0.1) is 5.69 Å². The summed E-state index contributed by atoms with van der Waals surface area (Å²) in [4.78, 5) is 25.5. The van der Waals surface area contributed by atoms with Crippen molar-refractivity contribution < 1.29 is 23.1 Å². The van der Waals surface area contributed by atoms with Crippen LogP contribution in [0.5, 0.6) is 5.75 Å². The molecule has 0 aliphatic heterocycles. The van der Waals surface area contributed by atoms with Gasteiger partial charge >= 0.3 is 0 Å². The van der Waals surface area contributed by atoms with E-state index >= 15 is 0 Å². The number of rotatable bonds is 6. The summed E-state index contributed by atoms with van der Waals surface area (Å²) in [7, 11) is 0. The first-order valence-electron chi connectivity index (χ1n) is 9.32. The Hall–Kier alpha value is -3.93. The molecular weight excluding hydrogens is 385 g/mol. The number of para-hydroxylation sites is 1. The molecule has 0 bridgehead atoms. The molecule has 5 nitrogen and oxygen atoms in total. The highest BCUT2D eigenvalue weighted by molar-refractivity contribution is 6.17. The molecule has 0 unspecified atom stereocenters. The van der Waals surface area contributed by atoms with Crippen LogP contribution in [0.4, 0.5) is 10.1 Å². The Bertz CT molecular complexity index is 1230. The van der Waals surface area contributed by atoms with E-state index in [4.69, 9.17) is 9.15 Å². The van der Waals surface area contributed by atoms with Crippen molar-refractivity contribution in [3.8, 4) is 5.75 Å². The standard InChI is InChI=1S/C24H18FNO4/c1-15-5-4-6-18(13-15)29-14-21(27)26-22-19-7-2-3-8-20(19)30-24(22)23(28)16-9-11-17(25)12-10-16/h2-13H,14H2,1H3,(H,26,27). The zero-order valence-electron chi connectivity index (χ0n) is 16.1. The maximum atomic E-state index is 13.2. The van der Waals surface area contributed by atoms with Crippen LogP contribution < -0.4 is 10.1 Å². The molecule has 3 aromatic carbocycles. The second-order valence-electron chi connectivity index (χ2n) is 6.79. The third-order valence-corrected chi connectivity index (χ3v) is 4.53. The molecule has 1 amide bonds. The Morgan fingerprint density at radius 3 is 2.53 bits per heavy atom. The molecule has 1 N–H and O–H groups in total. The van der Waals surface area contributed by atoms with Crippen LogP contribution in [0.3, 0.4) is 0 Å². The number of carbonyl (C=O) groups excluding carboxylic acids is 2. The quantitative estimate of drug-likeness (QED) is 0.453. The largest absolute Gasteiger partial charge is 0.484 e. The van der Waals surface area contributed by atoms with E-state index < -0.39 is 17.5 Å². The van der Waals surface area contributed by atoms with Gasteiger partial charge in [0, 0.05) is 10.9 Å². The molecule has 4 rings (SSSR count). The van der Waals surface area contributed by atoms with Gasteiger partial charge in [-0.1, -0.05) is 24.3 Å². The fourth-order valence-electron chi connectivity index (χ4n) is 3.09. The van der Waals surface area contributed by atoms with Crippen LogP contribution >= 0.6 is 0 Å². The summed E-state index contributed by atoms with van der Waals surface area (Å²) >= 11 is 0. The maximum Gasteiger partial charge on any atom is 0.262 e. The first kappa shape index (κ1) is 19.4. The van der Waals surface area contributed by atoms with E-state index in [9.17, 15) is 14.0 Å². The highest BCUT2D eigenvalue weighted by Crippen LogP contribution is 2.32. The SMILES string of the molecule is Cc1cccc(OCC(=O)Nc2c(C(=O)c3ccc(F)cc3)oc3ccccc23)c1. The fourth-order valence-corrected chi connectivity index (χ4v) is 3.09. The maximum absolute atomic E-state index is 13.2. The predicted molar refractivity (Wildman–Crippen MR) is 111 cm³/mol. The molecule has 0 radical (unpaired) electrons. The van der Waals surface area contributed by atoms with Gasteiger partial charge in [-0.05, 0) is 61.0 Å². The van der Waals surface area contributed by atoms with Crippen LogP contribution in [0.15, 0.2) is 77.2 Å². The van der Waals surface area contributed by atoms with Gasteiger partial charge in [0.15, 0.2) is 12.4 Å². The van der Waals surface area contributed by atoms with E-state index in [2.05, 4.69) is 5.32 Å². The van der Waals surface area contributed by atoms with Crippen molar-refractivity contribution in [2.45, 2.75) is 6.92 Å². The summed E-state index contributed by atoms with van der Waals surface area (Å²) in [5, 5.41) is 3.32. The molecule has 0 aliphatic carbocycles. The molecular formula is C24H18FNO4. The van der Waals surface area contributed by atoms with E-state index in [1.54, 1.807) is 30.3 Å². The number of ether oxygens (including phenoxy) is 1. The van der Waals surface area contributed by atoms with Crippen molar-refractivity contribution >= 4 is 28.3 Å². The smallest absolute Gasteiger partial charge is 0.262 e. The minimum absolute atomic E-state index is 0.0216. The third-order valence-electron chi connectivity index (χ3n) is 4.53. The third kappa shape index (κ3) is 4.07. The van der Waals surface area contributed by atoms with Crippen molar-refractivity contribution in [1.29, 1.82) is 0 Å². The van der Waals surface area contributed by atoms with Gasteiger partial charge in [0.1, 0.15) is 17.1 Å². The second-order valence-corrected chi connectivity index (χ2v) is 6.79. The summed E-state index contributed by atoms with van der Waals surface area (Å²) in [5.41, 5.74) is 1.98. The monoisotopic (exact) mass is 403 g/mol. The highest BCUT2D eigenvalue weighted by atomic mass is 19.1. The first-order valence-corrected chi connectivity index (χ1v) is 9.32. The molecule has 150 valence electrons. The lowest BCUT2D eigenvalue weighted by Gasteiger charge is -2.08. The molecule has 30 heavy (non-hydrogen) atoms. The Balaban J connectivity index is 1.60. The number of aryl methyl sites for hydroxylation is 1. The molecule has 1 aromatic heterocycles. The Labute approximate surface area is 172 Å². The average molecular weight is 403 g/mol. The number of fused-ring (bicyclic) bond motifs is 1. The molecule has 0 saturated heterocycles. The Kier molecular flexibility index (Phi) is 5.30. The van der Waals surface area contributed by atoms with Crippen molar-refractivity contribution in [2.75, 3.05) is 11.9 Å². The number of halogens is 1. The highest BCUT2D eigenvalue weighted by Gasteiger charge is 2.23. The van der Waals surface area contributed by atoms with Gasteiger partial charge in [-0.3, -0.25) is 9.59 Å². The number of nitrogens with one attached hydrogen (secondary N) is 1.